The van der Waals surface area contributed by atoms with E-state index >= 15 is 0 Å². The minimum absolute atomic E-state index is 0.0640. The standard InChI is InChI=1S/C31H36N8OS/c1-22-20-23(2)30(35-25-12-14-37(15-13-25)26-9-5-4-8-24(26)21-32)36-29(22)31(40)39-18-16-38(17-19-39)27-10-6-7-11-28(27)41(3,33)34/h5-7,9-11,20,25,33-34H,12-19H2,1-3H3,(H,35,36). The average Bonchev–Trinajstić information content (AvgIpc) is 2.98. The van der Waals surface area contributed by atoms with Gasteiger partial charge in [0.1, 0.15) is 23.1 Å². The maximum Gasteiger partial charge on any atom is 0.272 e. The van der Waals surface area contributed by atoms with Crippen molar-refractivity contribution in [3.63, 3.8) is 0 Å². The topological polar surface area (TPSA) is 123 Å². The Labute approximate surface area is 243 Å². The van der Waals surface area contributed by atoms with Gasteiger partial charge in [-0.1, -0.05) is 24.3 Å². The first-order chi connectivity index (χ1) is 19.7. The van der Waals surface area contributed by atoms with Crippen molar-refractivity contribution < 1.29 is 4.79 Å². The summed E-state index contributed by atoms with van der Waals surface area (Å²) < 4.78 is 16.6. The van der Waals surface area contributed by atoms with Crippen LogP contribution >= 0.6 is 0 Å². The Morgan fingerprint density at radius 3 is 2.39 bits per heavy atom. The molecule has 0 spiro atoms. The number of anilines is 3. The Hall–Kier alpha value is -4.28. The van der Waals surface area contributed by atoms with Crippen LogP contribution in [0.1, 0.15) is 40.0 Å². The Bertz CT molecular complexity index is 1580. The molecule has 2 aromatic carbocycles. The zero-order valence-electron chi connectivity index (χ0n) is 23.8. The summed E-state index contributed by atoms with van der Waals surface area (Å²) in [4.78, 5) is 25.5. The number of benzene rings is 1. The molecule has 2 fully saturated rings. The molecule has 3 heterocycles. The van der Waals surface area contributed by atoms with Crippen molar-refractivity contribution in [2.45, 2.75) is 37.6 Å². The number of nitrogens with zero attached hydrogens (tertiary/aromatic N) is 5. The summed E-state index contributed by atoms with van der Waals surface area (Å²) in [5.74, 6) is 0.685. The normalized spacial score (nSPS) is 16.2. The van der Waals surface area contributed by atoms with Crippen molar-refractivity contribution in [1.29, 1.82) is 14.8 Å². The minimum atomic E-state index is -2.36. The molecule has 0 aliphatic carbocycles. The maximum atomic E-state index is 13.6. The van der Waals surface area contributed by atoms with E-state index in [1.807, 2.05) is 55.1 Å². The third kappa shape index (κ3) is 6.08. The van der Waals surface area contributed by atoms with Gasteiger partial charge in [-0.25, -0.2) is 4.98 Å². The van der Waals surface area contributed by atoms with E-state index in [1.165, 1.54) is 0 Å². The number of pyridine rings is 1. The van der Waals surface area contributed by atoms with Crippen LogP contribution in [0.2, 0.25) is 0 Å². The Kier molecular flexibility index (Phi) is 8.05. The first-order valence-corrected chi connectivity index (χ1v) is 15.9. The van der Waals surface area contributed by atoms with Gasteiger partial charge in [-0.3, -0.25) is 14.4 Å². The molecule has 3 N–H and O–H groups in total. The zero-order valence-corrected chi connectivity index (χ0v) is 24.6. The van der Waals surface area contributed by atoms with E-state index in [4.69, 9.17) is 14.5 Å². The number of carbonyl (C=O) groups excluding carboxylic acids is 1. The van der Waals surface area contributed by atoms with Crippen molar-refractivity contribution in [3.05, 3.63) is 77.0 Å². The highest BCUT2D eigenvalue weighted by Crippen LogP contribution is 2.28. The Morgan fingerprint density at radius 2 is 1.71 bits per heavy atom. The average molecular weight is 569 g/mol. The van der Waals surface area contributed by atoms with Crippen molar-refractivity contribution in [1.82, 2.24) is 9.88 Å². The van der Waals surface area contributed by atoms with Gasteiger partial charge >= 0.3 is 0 Å². The van der Waals surface area contributed by atoms with Crippen LogP contribution in [0, 0.1) is 46.9 Å². The lowest BCUT2D eigenvalue weighted by Crippen LogP contribution is -2.49. The van der Waals surface area contributed by atoms with Crippen molar-refractivity contribution in [2.24, 2.45) is 0 Å². The highest BCUT2D eigenvalue weighted by molar-refractivity contribution is 7.92. The summed E-state index contributed by atoms with van der Waals surface area (Å²) in [6, 6.07) is 21.6. The highest BCUT2D eigenvalue weighted by Gasteiger charge is 2.27. The van der Waals surface area contributed by atoms with Crippen LogP contribution in [0.25, 0.3) is 0 Å². The number of carbonyl (C=O) groups is 1. The van der Waals surface area contributed by atoms with Crippen LogP contribution in [-0.4, -0.2) is 67.4 Å². The van der Waals surface area contributed by atoms with Gasteiger partial charge < -0.3 is 20.0 Å². The second-order valence-electron chi connectivity index (χ2n) is 10.9. The van der Waals surface area contributed by atoms with E-state index in [9.17, 15) is 10.1 Å². The summed E-state index contributed by atoms with van der Waals surface area (Å²) in [5, 5.41) is 13.0. The molecule has 2 saturated heterocycles. The third-order valence-corrected chi connectivity index (χ3v) is 9.11. The molecule has 0 saturated carbocycles. The molecule has 1 aromatic heterocycles. The van der Waals surface area contributed by atoms with E-state index in [-0.39, 0.29) is 11.9 Å². The van der Waals surface area contributed by atoms with Gasteiger partial charge in [-0.15, -0.1) is 0 Å². The Balaban J connectivity index is 1.24. The fourth-order valence-electron chi connectivity index (χ4n) is 5.66. The number of rotatable bonds is 6. The molecule has 41 heavy (non-hydrogen) atoms. The maximum absolute atomic E-state index is 13.6. The van der Waals surface area contributed by atoms with Gasteiger partial charge in [0.05, 0.1) is 16.3 Å². The predicted octanol–water partition coefficient (Wildman–Crippen LogP) is 4.88. The molecule has 2 aliphatic rings. The quantitative estimate of drug-likeness (QED) is 0.389. The zero-order chi connectivity index (χ0) is 29.1. The number of para-hydroxylation sites is 1. The van der Waals surface area contributed by atoms with E-state index < -0.39 is 9.62 Å². The predicted molar refractivity (Wildman–Crippen MR) is 163 cm³/mol. The van der Waals surface area contributed by atoms with Gasteiger partial charge in [-0.05, 0) is 77.8 Å². The van der Waals surface area contributed by atoms with E-state index in [1.54, 1.807) is 12.3 Å². The number of amides is 1. The molecule has 3 aromatic rings. The van der Waals surface area contributed by atoms with Crippen LogP contribution in [0.3, 0.4) is 0 Å². The summed E-state index contributed by atoms with van der Waals surface area (Å²) in [6.07, 6.45) is 3.45. The molecule has 0 atom stereocenters. The fourth-order valence-corrected chi connectivity index (χ4v) is 6.63. The molecule has 0 radical (unpaired) electrons. The van der Waals surface area contributed by atoms with Crippen LogP contribution in [-0.2, 0) is 9.62 Å². The summed E-state index contributed by atoms with van der Waals surface area (Å²) in [5.41, 5.74) is 4.71. The number of aryl methyl sites for hydroxylation is 2. The Morgan fingerprint density at radius 1 is 1.02 bits per heavy atom. The third-order valence-electron chi connectivity index (χ3n) is 7.89. The number of aromatic nitrogens is 1. The number of piperazine rings is 1. The van der Waals surface area contributed by atoms with Crippen LogP contribution < -0.4 is 15.1 Å². The van der Waals surface area contributed by atoms with Crippen molar-refractivity contribution >= 4 is 32.7 Å². The first-order valence-electron chi connectivity index (χ1n) is 13.9. The van der Waals surface area contributed by atoms with Gasteiger partial charge in [0.15, 0.2) is 0 Å². The van der Waals surface area contributed by atoms with E-state index in [0.717, 1.165) is 59.1 Å². The van der Waals surface area contributed by atoms with Crippen molar-refractivity contribution in [2.75, 3.05) is 60.6 Å². The molecule has 2 aliphatic heterocycles. The monoisotopic (exact) mass is 568 g/mol. The molecule has 1 amide bonds. The molecule has 0 unspecified atom stereocenters. The number of hydrogen-bond acceptors (Lipinski definition) is 8. The fraction of sp³-hybridized carbons (Fsp3) is 0.387. The number of nitrogens with one attached hydrogen (secondary N) is 3. The number of piperidine rings is 1. The lowest BCUT2D eigenvalue weighted by atomic mass is 10.0. The molecule has 9 nitrogen and oxygen atoms in total. The number of nitriles is 1. The summed E-state index contributed by atoms with van der Waals surface area (Å²) in [6.45, 7) is 8.01. The lowest BCUT2D eigenvalue weighted by Gasteiger charge is -2.37. The number of hydrogen-bond donors (Lipinski definition) is 3. The second kappa shape index (κ2) is 11.7. The molecular weight excluding hydrogens is 532 g/mol. The largest absolute Gasteiger partial charge is 0.370 e. The molecular formula is C31H36N8OS. The molecule has 5 rings (SSSR count). The minimum Gasteiger partial charge on any atom is -0.370 e. The van der Waals surface area contributed by atoms with E-state index in [2.05, 4.69) is 33.3 Å². The van der Waals surface area contributed by atoms with Gasteiger partial charge in [0.25, 0.3) is 5.91 Å². The highest BCUT2D eigenvalue weighted by atomic mass is 32.2. The second-order valence-corrected chi connectivity index (χ2v) is 13.1. The van der Waals surface area contributed by atoms with E-state index in [0.29, 0.717) is 37.4 Å². The summed E-state index contributed by atoms with van der Waals surface area (Å²) >= 11 is 0. The smallest absolute Gasteiger partial charge is 0.272 e. The lowest BCUT2D eigenvalue weighted by molar-refractivity contribution is 0.0740. The SMILES string of the molecule is Cc1cc(C)c(C(=O)N2CCN(c3ccccc3S(C)(=N)=N)CC2)nc1NC1CCN(c2ccc#cc2C#N)CC1. The van der Waals surface area contributed by atoms with Gasteiger partial charge in [0, 0.05) is 51.6 Å². The van der Waals surface area contributed by atoms with Gasteiger partial charge in [-0.2, -0.15) is 5.26 Å². The van der Waals surface area contributed by atoms with Crippen LogP contribution in [0.15, 0.2) is 47.4 Å². The van der Waals surface area contributed by atoms with Crippen molar-refractivity contribution in [3.8, 4) is 6.07 Å². The molecule has 10 heteroatoms. The van der Waals surface area contributed by atoms with Crippen LogP contribution in [0.4, 0.5) is 17.2 Å². The van der Waals surface area contributed by atoms with Crippen LogP contribution in [0.5, 0.6) is 0 Å². The molecule has 212 valence electrons. The molecule has 0 bridgehead atoms. The summed E-state index contributed by atoms with van der Waals surface area (Å²) in [7, 11) is -2.36. The first kappa shape index (κ1) is 28.3. The van der Waals surface area contributed by atoms with Gasteiger partial charge in [0.2, 0.25) is 0 Å².